The van der Waals surface area contributed by atoms with Crippen LogP contribution in [0.2, 0.25) is 5.02 Å². The third-order valence-corrected chi connectivity index (χ3v) is 5.23. The summed E-state index contributed by atoms with van der Waals surface area (Å²) in [5.41, 5.74) is 1.99. The molecule has 130 valence electrons. The van der Waals surface area contributed by atoms with E-state index in [9.17, 15) is 4.39 Å². The van der Waals surface area contributed by atoms with Crippen molar-refractivity contribution >= 4 is 46.0 Å². The van der Waals surface area contributed by atoms with Gasteiger partial charge in [-0.15, -0.1) is 11.3 Å². The van der Waals surface area contributed by atoms with Gasteiger partial charge >= 0.3 is 0 Å². The molecule has 0 aliphatic carbocycles. The van der Waals surface area contributed by atoms with E-state index in [1.165, 1.54) is 16.5 Å². The number of aryl methyl sites for hydroxylation is 1. The Bertz CT molecular complexity index is 703. The van der Waals surface area contributed by atoms with Crippen LogP contribution >= 0.6 is 35.2 Å². The van der Waals surface area contributed by atoms with E-state index in [4.69, 9.17) is 23.8 Å². The van der Waals surface area contributed by atoms with E-state index in [-0.39, 0.29) is 5.02 Å². The van der Waals surface area contributed by atoms with Crippen molar-refractivity contribution in [2.75, 3.05) is 32.1 Å². The van der Waals surface area contributed by atoms with Gasteiger partial charge in [0.2, 0.25) is 0 Å². The van der Waals surface area contributed by atoms with E-state index < -0.39 is 5.82 Å². The second-order valence-electron chi connectivity index (χ2n) is 5.75. The molecule has 0 saturated carbocycles. The molecule has 0 radical (unpaired) electrons. The summed E-state index contributed by atoms with van der Waals surface area (Å²) in [6.07, 6.45) is 0. The van der Waals surface area contributed by atoms with Gasteiger partial charge in [0.25, 0.3) is 0 Å². The monoisotopic (exact) mass is 385 g/mol. The maximum Gasteiger partial charge on any atom is 0.173 e. The quantitative estimate of drug-likeness (QED) is 0.747. The van der Waals surface area contributed by atoms with Crippen LogP contribution in [0, 0.1) is 12.7 Å². The number of halogens is 2. The Balaban J connectivity index is 2.21. The van der Waals surface area contributed by atoms with Gasteiger partial charge in [0.15, 0.2) is 5.11 Å². The number of nitrogens with one attached hydrogen (secondary N) is 1. The van der Waals surface area contributed by atoms with Crippen LogP contribution < -0.4 is 10.2 Å². The van der Waals surface area contributed by atoms with Crippen LogP contribution in [-0.2, 0) is 6.54 Å². The second kappa shape index (κ2) is 8.76. The summed E-state index contributed by atoms with van der Waals surface area (Å²) in [4.78, 5) is 5.25. The van der Waals surface area contributed by atoms with Gasteiger partial charge in [0.1, 0.15) is 5.82 Å². The minimum Gasteiger partial charge on any atom is -0.361 e. The zero-order chi connectivity index (χ0) is 17.7. The first-order valence-corrected chi connectivity index (χ1v) is 9.23. The molecular formula is C17H21ClFN3S2. The predicted molar refractivity (Wildman–Crippen MR) is 106 cm³/mol. The highest BCUT2D eigenvalue weighted by Gasteiger charge is 2.16. The predicted octanol–water partition coefficient (Wildman–Crippen LogP) is 4.29. The van der Waals surface area contributed by atoms with Gasteiger partial charge in [-0.05, 0) is 68.4 Å². The molecule has 0 fully saturated rings. The SMILES string of the molecule is Cc1ccsc1CN(C(=S)NCCN(C)C)c1ccc(F)c(Cl)c1. The number of thiophene rings is 1. The van der Waals surface area contributed by atoms with Crippen LogP contribution in [0.25, 0.3) is 0 Å². The van der Waals surface area contributed by atoms with Crippen LogP contribution in [-0.4, -0.2) is 37.2 Å². The zero-order valence-corrected chi connectivity index (χ0v) is 16.4. The van der Waals surface area contributed by atoms with Gasteiger partial charge in [0, 0.05) is 23.7 Å². The molecule has 1 aromatic carbocycles. The molecular weight excluding hydrogens is 365 g/mol. The Morgan fingerprint density at radius 1 is 1.33 bits per heavy atom. The number of nitrogens with zero attached hydrogens (tertiary/aromatic N) is 2. The van der Waals surface area contributed by atoms with Crippen LogP contribution in [0.1, 0.15) is 10.4 Å². The number of hydrogen-bond acceptors (Lipinski definition) is 3. The first-order chi connectivity index (χ1) is 11.4. The summed E-state index contributed by atoms with van der Waals surface area (Å²) in [6, 6.07) is 6.76. The Morgan fingerprint density at radius 2 is 2.08 bits per heavy atom. The first-order valence-electron chi connectivity index (χ1n) is 7.56. The molecule has 0 aliphatic rings. The third kappa shape index (κ3) is 5.14. The lowest BCUT2D eigenvalue weighted by Gasteiger charge is -2.26. The molecule has 1 aromatic heterocycles. The van der Waals surface area contributed by atoms with Crippen molar-refractivity contribution in [2.24, 2.45) is 0 Å². The Morgan fingerprint density at radius 3 is 2.67 bits per heavy atom. The van der Waals surface area contributed by atoms with Crippen LogP contribution in [0.4, 0.5) is 10.1 Å². The lowest BCUT2D eigenvalue weighted by molar-refractivity contribution is 0.412. The maximum absolute atomic E-state index is 13.5. The summed E-state index contributed by atoms with van der Waals surface area (Å²) < 4.78 is 13.5. The molecule has 1 heterocycles. The standard InChI is InChI=1S/C17H21ClFN3S2/c1-12-6-9-24-16(12)11-22(17(23)20-7-8-21(2)3)13-4-5-15(19)14(18)10-13/h4-6,9-10H,7-8,11H2,1-3H3,(H,20,23). The Hall–Kier alpha value is -1.21. The largest absolute Gasteiger partial charge is 0.361 e. The molecule has 3 nitrogen and oxygen atoms in total. The van der Waals surface area contributed by atoms with Gasteiger partial charge in [-0.3, -0.25) is 0 Å². The van der Waals surface area contributed by atoms with E-state index in [1.54, 1.807) is 23.5 Å². The van der Waals surface area contributed by atoms with Crippen LogP contribution in [0.5, 0.6) is 0 Å². The summed E-state index contributed by atoms with van der Waals surface area (Å²) in [7, 11) is 4.02. The number of benzene rings is 1. The van der Waals surface area contributed by atoms with E-state index in [0.717, 1.165) is 18.8 Å². The van der Waals surface area contributed by atoms with Crippen LogP contribution in [0.3, 0.4) is 0 Å². The number of thiocarbonyl (C=S) groups is 1. The number of hydrogen-bond donors (Lipinski definition) is 1. The van der Waals surface area contributed by atoms with Crippen LogP contribution in [0.15, 0.2) is 29.6 Å². The zero-order valence-electron chi connectivity index (χ0n) is 14.0. The third-order valence-electron chi connectivity index (χ3n) is 3.57. The normalized spacial score (nSPS) is 10.9. The molecule has 0 saturated heterocycles. The minimum absolute atomic E-state index is 0.0940. The number of rotatable bonds is 6. The molecule has 2 aromatic rings. The molecule has 2 rings (SSSR count). The van der Waals surface area contributed by atoms with E-state index in [1.807, 2.05) is 19.0 Å². The highest BCUT2D eigenvalue weighted by Crippen LogP contribution is 2.26. The van der Waals surface area contributed by atoms with Crippen molar-refractivity contribution in [3.8, 4) is 0 Å². The smallest absolute Gasteiger partial charge is 0.173 e. The average molecular weight is 386 g/mol. The molecule has 0 aliphatic heterocycles. The summed E-state index contributed by atoms with van der Waals surface area (Å²) in [5, 5.41) is 6.02. The first kappa shape index (κ1) is 19.1. The molecule has 0 bridgehead atoms. The molecule has 24 heavy (non-hydrogen) atoms. The summed E-state index contributed by atoms with van der Waals surface area (Å²) in [6.45, 7) is 4.31. The van der Waals surface area contributed by atoms with E-state index >= 15 is 0 Å². The lowest BCUT2D eigenvalue weighted by Crippen LogP contribution is -2.42. The van der Waals surface area contributed by atoms with Crippen molar-refractivity contribution < 1.29 is 4.39 Å². The number of anilines is 1. The van der Waals surface area contributed by atoms with Gasteiger partial charge in [0.05, 0.1) is 11.6 Å². The fourth-order valence-corrected chi connectivity index (χ4v) is 3.47. The Kier molecular flexibility index (Phi) is 6.98. The van der Waals surface area contributed by atoms with E-state index in [2.05, 4.69) is 28.6 Å². The van der Waals surface area contributed by atoms with Gasteiger partial charge in [-0.2, -0.15) is 0 Å². The highest BCUT2D eigenvalue weighted by molar-refractivity contribution is 7.80. The highest BCUT2D eigenvalue weighted by atomic mass is 35.5. The van der Waals surface area contributed by atoms with Gasteiger partial charge in [-0.25, -0.2) is 4.39 Å². The van der Waals surface area contributed by atoms with E-state index in [0.29, 0.717) is 11.7 Å². The topological polar surface area (TPSA) is 18.5 Å². The minimum atomic E-state index is -0.431. The van der Waals surface area contributed by atoms with Crippen molar-refractivity contribution in [3.63, 3.8) is 0 Å². The van der Waals surface area contributed by atoms with Gasteiger partial charge < -0.3 is 15.1 Å². The van der Waals surface area contributed by atoms with Crippen molar-refractivity contribution in [1.82, 2.24) is 10.2 Å². The fraction of sp³-hybridized carbons (Fsp3) is 0.353. The second-order valence-corrected chi connectivity index (χ2v) is 7.54. The molecule has 0 spiro atoms. The molecule has 0 unspecified atom stereocenters. The number of likely N-dealkylation sites (N-methyl/N-ethyl adjacent to an activating group) is 1. The van der Waals surface area contributed by atoms with Gasteiger partial charge in [-0.1, -0.05) is 11.6 Å². The summed E-state index contributed by atoms with van der Waals surface area (Å²) >= 11 is 13.2. The average Bonchev–Trinajstić information content (AvgIpc) is 2.92. The summed E-state index contributed by atoms with van der Waals surface area (Å²) in [5.74, 6) is -0.431. The Labute approximate surface area is 157 Å². The van der Waals surface area contributed by atoms with Crippen molar-refractivity contribution in [2.45, 2.75) is 13.5 Å². The maximum atomic E-state index is 13.5. The molecule has 1 N–H and O–H groups in total. The molecule has 0 amide bonds. The fourth-order valence-electron chi connectivity index (χ4n) is 2.12. The molecule has 7 heteroatoms. The van der Waals surface area contributed by atoms with Crippen molar-refractivity contribution in [3.05, 3.63) is 50.9 Å². The molecule has 0 atom stereocenters. The van der Waals surface area contributed by atoms with Crippen molar-refractivity contribution in [1.29, 1.82) is 0 Å². The lowest BCUT2D eigenvalue weighted by atomic mass is 10.2.